The third kappa shape index (κ3) is 6.67. The molecule has 1 atom stereocenters. The topological polar surface area (TPSA) is 108 Å². The molecule has 5 rings (SSSR count). The van der Waals surface area contributed by atoms with Gasteiger partial charge in [0.1, 0.15) is 0 Å². The molecular formula is C31H24BrN3O4S2. The van der Waals surface area contributed by atoms with E-state index in [-0.39, 0.29) is 22.3 Å². The largest absolute Gasteiger partial charge is 0.478 e. The molecule has 41 heavy (non-hydrogen) atoms. The number of halogens is 1. The van der Waals surface area contributed by atoms with Crippen LogP contribution in [0.4, 0.5) is 10.8 Å². The van der Waals surface area contributed by atoms with Gasteiger partial charge in [0.15, 0.2) is 5.13 Å². The number of carbonyl (C=O) groups is 3. The summed E-state index contributed by atoms with van der Waals surface area (Å²) in [4.78, 5) is 43.5. The van der Waals surface area contributed by atoms with Crippen LogP contribution in [0.1, 0.15) is 34.1 Å². The summed E-state index contributed by atoms with van der Waals surface area (Å²) in [6.45, 7) is 1.94. The van der Waals surface area contributed by atoms with E-state index in [4.69, 9.17) is 0 Å². The maximum atomic E-state index is 13.2. The third-order valence-corrected chi connectivity index (χ3v) is 8.93. The number of carbonyl (C=O) groups excluding carboxylic acids is 2. The van der Waals surface area contributed by atoms with E-state index in [2.05, 4.69) is 31.5 Å². The monoisotopic (exact) mass is 645 g/mol. The normalized spacial score (nSPS) is 11.7. The molecule has 0 aliphatic heterocycles. The fourth-order valence-electron chi connectivity index (χ4n) is 4.31. The maximum Gasteiger partial charge on any atom is 0.336 e. The first-order chi connectivity index (χ1) is 19.8. The lowest BCUT2D eigenvalue weighted by molar-refractivity contribution is -0.115. The van der Waals surface area contributed by atoms with E-state index in [9.17, 15) is 19.5 Å². The number of nitrogens with zero attached hydrogens (tertiary/aromatic N) is 1. The lowest BCUT2D eigenvalue weighted by Crippen LogP contribution is -2.24. The number of aromatic nitrogens is 1. The molecule has 1 heterocycles. The Morgan fingerprint density at radius 1 is 0.951 bits per heavy atom. The zero-order valence-corrected chi connectivity index (χ0v) is 25.0. The van der Waals surface area contributed by atoms with Gasteiger partial charge in [-0.3, -0.25) is 9.59 Å². The Kier molecular flexibility index (Phi) is 8.82. The van der Waals surface area contributed by atoms with Gasteiger partial charge in [-0.1, -0.05) is 65.3 Å². The van der Waals surface area contributed by atoms with Gasteiger partial charge in [0.05, 0.1) is 16.5 Å². The van der Waals surface area contributed by atoms with Gasteiger partial charge >= 0.3 is 5.97 Å². The fraction of sp³-hybridized carbons (Fsp3) is 0.0968. The number of rotatable bonds is 9. The number of thioether (sulfide) groups is 1. The highest BCUT2D eigenvalue weighted by atomic mass is 79.9. The summed E-state index contributed by atoms with van der Waals surface area (Å²) in [7, 11) is 0. The van der Waals surface area contributed by atoms with Crippen LogP contribution in [-0.4, -0.2) is 33.1 Å². The number of thiazole rings is 1. The summed E-state index contributed by atoms with van der Waals surface area (Å²) in [6.07, 6.45) is 0.589. The van der Waals surface area contributed by atoms with Crippen molar-refractivity contribution in [3.8, 4) is 11.3 Å². The first-order valence-electron chi connectivity index (χ1n) is 12.7. The zero-order valence-electron chi connectivity index (χ0n) is 21.8. The van der Waals surface area contributed by atoms with Crippen LogP contribution < -0.4 is 10.6 Å². The molecule has 0 aliphatic rings. The highest BCUT2D eigenvalue weighted by Gasteiger charge is 2.21. The maximum absolute atomic E-state index is 13.2. The summed E-state index contributed by atoms with van der Waals surface area (Å²) >= 11 is 6.20. The average molecular weight is 647 g/mol. The molecule has 0 radical (unpaired) electrons. The molecule has 3 N–H and O–H groups in total. The molecule has 10 heteroatoms. The standard InChI is InChI=1S/C31H24BrN3O4S2/c1-2-26(29(37)35-31-34-25(17-40-31)18-12-14-20(32)15-13-18)41-22-9-5-8-21(16-22)33-28(36)23-10-3-6-19-7-4-11-24(27(19)23)30(38)39/h3-17,26H,2H2,1H3,(H,33,36)(H,38,39)(H,34,35,37). The van der Waals surface area contributed by atoms with Crippen LogP contribution in [0.5, 0.6) is 0 Å². The second-order valence-electron chi connectivity index (χ2n) is 9.05. The van der Waals surface area contributed by atoms with Gasteiger partial charge in [0.25, 0.3) is 5.91 Å². The summed E-state index contributed by atoms with van der Waals surface area (Å²) in [5.74, 6) is -1.66. The van der Waals surface area contributed by atoms with Crippen LogP contribution in [0.3, 0.4) is 0 Å². The highest BCUT2D eigenvalue weighted by molar-refractivity contribution is 9.10. The number of fused-ring (bicyclic) bond motifs is 1. The average Bonchev–Trinajstić information content (AvgIpc) is 3.44. The van der Waals surface area contributed by atoms with E-state index < -0.39 is 11.9 Å². The zero-order chi connectivity index (χ0) is 28.9. The van der Waals surface area contributed by atoms with Crippen molar-refractivity contribution in [2.45, 2.75) is 23.5 Å². The van der Waals surface area contributed by atoms with Crippen molar-refractivity contribution in [1.82, 2.24) is 4.98 Å². The molecule has 4 aromatic carbocycles. The molecule has 0 aliphatic carbocycles. The molecule has 206 valence electrons. The van der Waals surface area contributed by atoms with Crippen LogP contribution in [-0.2, 0) is 4.79 Å². The van der Waals surface area contributed by atoms with E-state index in [1.54, 1.807) is 48.5 Å². The molecule has 0 spiro atoms. The van der Waals surface area contributed by atoms with Crippen molar-refractivity contribution in [1.29, 1.82) is 0 Å². The Hall–Kier alpha value is -3.99. The number of hydrogen-bond acceptors (Lipinski definition) is 6. The number of amides is 2. The summed E-state index contributed by atoms with van der Waals surface area (Å²) in [5, 5.41) is 18.6. The quantitative estimate of drug-likeness (QED) is 0.139. The molecule has 5 aromatic rings. The van der Waals surface area contributed by atoms with Gasteiger partial charge in [-0.25, -0.2) is 9.78 Å². The Morgan fingerprint density at radius 2 is 1.66 bits per heavy atom. The minimum atomic E-state index is -1.10. The number of carboxylic acids is 1. The minimum absolute atomic E-state index is 0.0681. The molecular weight excluding hydrogens is 622 g/mol. The summed E-state index contributed by atoms with van der Waals surface area (Å²) in [5.41, 5.74) is 2.64. The highest BCUT2D eigenvalue weighted by Crippen LogP contribution is 2.31. The van der Waals surface area contributed by atoms with E-state index in [1.165, 1.54) is 29.2 Å². The summed E-state index contributed by atoms with van der Waals surface area (Å²) < 4.78 is 0.984. The fourth-order valence-corrected chi connectivity index (χ4v) is 6.31. The van der Waals surface area contributed by atoms with Crippen molar-refractivity contribution >= 4 is 78.4 Å². The van der Waals surface area contributed by atoms with Gasteiger partial charge in [0, 0.05) is 36.9 Å². The third-order valence-electron chi connectivity index (χ3n) is 6.29. The minimum Gasteiger partial charge on any atom is -0.478 e. The Morgan fingerprint density at radius 3 is 2.37 bits per heavy atom. The van der Waals surface area contributed by atoms with Crippen LogP contribution in [0.15, 0.2) is 99.7 Å². The number of benzene rings is 4. The molecule has 2 amide bonds. The smallest absolute Gasteiger partial charge is 0.336 e. The van der Waals surface area contributed by atoms with Crippen LogP contribution >= 0.6 is 39.0 Å². The van der Waals surface area contributed by atoms with Gasteiger partial charge in [-0.2, -0.15) is 0 Å². The van der Waals surface area contributed by atoms with Crippen molar-refractivity contribution in [3.05, 3.63) is 106 Å². The van der Waals surface area contributed by atoms with Gasteiger partial charge in [-0.15, -0.1) is 23.1 Å². The number of anilines is 2. The van der Waals surface area contributed by atoms with E-state index in [1.807, 2.05) is 42.6 Å². The summed E-state index contributed by atoms with van der Waals surface area (Å²) in [6, 6.07) is 25.1. The van der Waals surface area contributed by atoms with Gasteiger partial charge < -0.3 is 15.7 Å². The second-order valence-corrected chi connectivity index (χ2v) is 12.1. The lowest BCUT2D eigenvalue weighted by atomic mass is 9.98. The Bertz CT molecular complexity index is 1750. The van der Waals surface area contributed by atoms with Crippen LogP contribution in [0.25, 0.3) is 22.0 Å². The SMILES string of the molecule is CCC(Sc1cccc(NC(=O)c2cccc3cccc(C(=O)O)c23)c1)C(=O)Nc1nc(-c2ccc(Br)cc2)cs1. The number of nitrogens with one attached hydrogen (secondary N) is 2. The molecule has 1 aromatic heterocycles. The molecule has 1 unspecified atom stereocenters. The lowest BCUT2D eigenvalue weighted by Gasteiger charge is -2.15. The van der Waals surface area contributed by atoms with Crippen molar-refractivity contribution in [3.63, 3.8) is 0 Å². The van der Waals surface area contributed by atoms with Crippen molar-refractivity contribution in [2.24, 2.45) is 0 Å². The van der Waals surface area contributed by atoms with E-state index in [0.29, 0.717) is 28.0 Å². The molecule has 0 fully saturated rings. The van der Waals surface area contributed by atoms with E-state index in [0.717, 1.165) is 20.6 Å². The molecule has 0 bridgehead atoms. The van der Waals surface area contributed by atoms with Crippen LogP contribution in [0, 0.1) is 0 Å². The van der Waals surface area contributed by atoms with Crippen molar-refractivity contribution < 1.29 is 19.5 Å². The van der Waals surface area contributed by atoms with E-state index >= 15 is 0 Å². The number of hydrogen-bond donors (Lipinski definition) is 3. The molecule has 0 saturated carbocycles. The first-order valence-corrected chi connectivity index (χ1v) is 15.2. The van der Waals surface area contributed by atoms with Gasteiger partial charge in [0.2, 0.25) is 5.91 Å². The number of carboxylic acid groups (broad SMARTS) is 1. The van der Waals surface area contributed by atoms with Crippen molar-refractivity contribution in [2.75, 3.05) is 10.6 Å². The second kappa shape index (κ2) is 12.7. The molecule has 0 saturated heterocycles. The first kappa shape index (κ1) is 28.5. The Labute approximate surface area is 253 Å². The predicted octanol–water partition coefficient (Wildman–Crippen LogP) is 8.19. The number of aromatic carboxylic acids is 1. The van der Waals surface area contributed by atoms with Gasteiger partial charge in [-0.05, 0) is 54.3 Å². The Balaban J connectivity index is 1.28. The van der Waals surface area contributed by atoms with Crippen LogP contribution in [0.2, 0.25) is 0 Å². The molecule has 7 nitrogen and oxygen atoms in total. The predicted molar refractivity (Wildman–Crippen MR) is 169 cm³/mol.